The lowest BCUT2D eigenvalue weighted by Crippen LogP contribution is -2.45. The first-order valence-electron chi connectivity index (χ1n) is 9.56. The van der Waals surface area contributed by atoms with Gasteiger partial charge in [-0.2, -0.15) is 13.2 Å². The molecule has 0 unspecified atom stereocenters. The van der Waals surface area contributed by atoms with E-state index < -0.39 is 60.0 Å². The first kappa shape index (κ1) is 21.5. The van der Waals surface area contributed by atoms with Gasteiger partial charge in [0, 0.05) is 0 Å². The van der Waals surface area contributed by atoms with Crippen molar-refractivity contribution in [1.29, 1.82) is 0 Å². The zero-order valence-corrected chi connectivity index (χ0v) is 16.9. The van der Waals surface area contributed by atoms with Crippen LogP contribution in [0.3, 0.4) is 0 Å². The Kier molecular flexibility index (Phi) is 5.14. The third-order valence-electron chi connectivity index (χ3n) is 5.11. The normalized spacial score (nSPS) is 34.7. The zero-order chi connectivity index (χ0) is 21.9. The maximum absolute atomic E-state index is 12.8. The maximum Gasteiger partial charge on any atom is 0.416 e. The third kappa shape index (κ3) is 4.19. The van der Waals surface area contributed by atoms with Gasteiger partial charge in [-0.1, -0.05) is 0 Å². The molecule has 0 aliphatic carbocycles. The van der Waals surface area contributed by atoms with Crippen LogP contribution in [-0.2, 0) is 34.6 Å². The molecule has 0 aromatic heterocycles. The van der Waals surface area contributed by atoms with Gasteiger partial charge in [0.1, 0.15) is 12.2 Å². The van der Waals surface area contributed by atoms with E-state index >= 15 is 0 Å². The molecule has 5 atom stereocenters. The Bertz CT molecular complexity index is 806. The minimum Gasteiger partial charge on any atom is -0.453 e. The van der Waals surface area contributed by atoms with Gasteiger partial charge in [0.25, 0.3) is 0 Å². The van der Waals surface area contributed by atoms with E-state index in [0.29, 0.717) is 0 Å². The number of ether oxygens (including phenoxy) is 6. The first-order chi connectivity index (χ1) is 13.8. The van der Waals surface area contributed by atoms with Crippen molar-refractivity contribution in [1.82, 2.24) is 0 Å². The Labute approximate surface area is 171 Å². The summed E-state index contributed by atoms with van der Waals surface area (Å²) < 4.78 is 72.9. The van der Waals surface area contributed by atoms with E-state index in [-0.39, 0.29) is 12.2 Å². The van der Waals surface area contributed by atoms with Crippen LogP contribution >= 0.6 is 0 Å². The highest BCUT2D eigenvalue weighted by Gasteiger charge is 2.60. The molecule has 3 aliphatic rings. The fourth-order valence-corrected chi connectivity index (χ4v) is 3.80. The van der Waals surface area contributed by atoms with Crippen molar-refractivity contribution in [2.75, 3.05) is 6.61 Å². The average molecular weight is 431 g/mol. The summed E-state index contributed by atoms with van der Waals surface area (Å²) in [7, 11) is 0. The SMILES string of the molecule is CC1(C)O[C@H]2O[C@H]([C@H]3COC(C)(C)O3)[C@H](OC(=O)c3ccc(C(F)(F)[18F])cc3)[C@H]2O1. The average Bonchev–Trinajstić information content (AvgIpc) is 3.24. The second-order valence-corrected chi connectivity index (χ2v) is 8.38. The molecule has 0 N–H and O–H groups in total. The van der Waals surface area contributed by atoms with Crippen LogP contribution in [0.4, 0.5) is 13.2 Å². The minimum atomic E-state index is -4.49. The molecule has 30 heavy (non-hydrogen) atoms. The van der Waals surface area contributed by atoms with E-state index in [1.54, 1.807) is 27.7 Å². The molecule has 0 spiro atoms. The molecule has 166 valence electrons. The number of fused-ring (bicyclic) bond motifs is 1. The van der Waals surface area contributed by atoms with E-state index in [0.717, 1.165) is 24.3 Å². The monoisotopic (exact) mass is 431 g/mol. The van der Waals surface area contributed by atoms with Gasteiger partial charge in [0.2, 0.25) is 0 Å². The number of esters is 1. The molecule has 3 heterocycles. The topological polar surface area (TPSA) is 72.5 Å². The lowest BCUT2D eigenvalue weighted by atomic mass is 10.1. The molecule has 3 aliphatic heterocycles. The van der Waals surface area contributed by atoms with Crippen molar-refractivity contribution in [3.8, 4) is 0 Å². The predicted octanol–water partition coefficient (Wildman–Crippen LogP) is 3.26. The number of hydrogen-bond donors (Lipinski definition) is 0. The fraction of sp³-hybridized carbons (Fsp3) is 0.650. The Morgan fingerprint density at radius 2 is 1.67 bits per heavy atom. The smallest absolute Gasteiger partial charge is 0.416 e. The third-order valence-corrected chi connectivity index (χ3v) is 5.11. The molecule has 0 bridgehead atoms. The van der Waals surface area contributed by atoms with Crippen molar-refractivity contribution >= 4 is 5.97 Å². The molecule has 0 saturated carbocycles. The number of alkyl halides is 3. The lowest BCUT2D eigenvalue weighted by Gasteiger charge is -2.28. The van der Waals surface area contributed by atoms with Crippen LogP contribution in [0.1, 0.15) is 43.6 Å². The van der Waals surface area contributed by atoms with E-state index in [1.165, 1.54) is 0 Å². The van der Waals surface area contributed by atoms with Gasteiger partial charge in [-0.3, -0.25) is 0 Å². The summed E-state index contributed by atoms with van der Waals surface area (Å²) in [6.45, 7) is 7.13. The molecular formula is C20H23F3O7. The Balaban J connectivity index is 1.53. The van der Waals surface area contributed by atoms with Gasteiger partial charge in [0.15, 0.2) is 30.1 Å². The largest absolute Gasteiger partial charge is 0.453 e. The van der Waals surface area contributed by atoms with Crippen LogP contribution in [0.25, 0.3) is 0 Å². The number of halogens is 3. The molecule has 0 radical (unpaired) electrons. The van der Waals surface area contributed by atoms with E-state index in [1.807, 2.05) is 0 Å². The van der Waals surface area contributed by atoms with Gasteiger partial charge < -0.3 is 28.4 Å². The quantitative estimate of drug-likeness (QED) is 0.681. The van der Waals surface area contributed by atoms with Gasteiger partial charge in [-0.25, -0.2) is 4.79 Å². The van der Waals surface area contributed by atoms with Crippen molar-refractivity contribution in [3.05, 3.63) is 35.4 Å². The minimum absolute atomic E-state index is 0.0210. The molecule has 0 amide bonds. The molecule has 10 heteroatoms. The first-order valence-corrected chi connectivity index (χ1v) is 9.56. The summed E-state index contributed by atoms with van der Waals surface area (Å²) >= 11 is 0. The highest BCUT2D eigenvalue weighted by molar-refractivity contribution is 5.89. The summed E-state index contributed by atoms with van der Waals surface area (Å²) in [5, 5.41) is 0. The molecule has 1 aromatic rings. The number of benzene rings is 1. The number of rotatable bonds is 3. The maximum atomic E-state index is 12.8. The van der Waals surface area contributed by atoms with Crippen LogP contribution in [0, 0.1) is 0 Å². The van der Waals surface area contributed by atoms with Crippen LogP contribution in [0.5, 0.6) is 0 Å². The molecular weight excluding hydrogens is 408 g/mol. The zero-order valence-electron chi connectivity index (χ0n) is 16.9. The summed E-state index contributed by atoms with van der Waals surface area (Å²) in [5.74, 6) is -2.56. The van der Waals surface area contributed by atoms with Gasteiger partial charge in [-0.15, -0.1) is 0 Å². The molecule has 1 aromatic carbocycles. The second kappa shape index (κ2) is 7.16. The van der Waals surface area contributed by atoms with Gasteiger partial charge in [-0.05, 0) is 52.0 Å². The van der Waals surface area contributed by atoms with Gasteiger partial charge in [0.05, 0.1) is 17.7 Å². The van der Waals surface area contributed by atoms with Crippen LogP contribution < -0.4 is 0 Å². The van der Waals surface area contributed by atoms with Crippen molar-refractivity contribution in [3.63, 3.8) is 0 Å². The molecule has 3 saturated heterocycles. The van der Waals surface area contributed by atoms with E-state index in [2.05, 4.69) is 0 Å². The number of carbonyl (C=O) groups is 1. The van der Waals surface area contributed by atoms with Crippen molar-refractivity contribution < 1.29 is 46.4 Å². The Hall–Kier alpha value is -1.72. The van der Waals surface area contributed by atoms with Crippen molar-refractivity contribution in [2.45, 2.75) is 76.2 Å². The fourth-order valence-electron chi connectivity index (χ4n) is 3.80. The summed E-state index contributed by atoms with van der Waals surface area (Å²) in [5.41, 5.74) is -0.874. The second-order valence-electron chi connectivity index (χ2n) is 8.38. The Morgan fingerprint density at radius 3 is 2.23 bits per heavy atom. The van der Waals surface area contributed by atoms with Crippen molar-refractivity contribution in [2.24, 2.45) is 0 Å². The highest BCUT2D eigenvalue weighted by Crippen LogP contribution is 2.42. The Morgan fingerprint density at radius 1 is 1.00 bits per heavy atom. The summed E-state index contributed by atoms with van der Waals surface area (Å²) in [6.07, 6.45) is -8.14. The molecule has 7 nitrogen and oxygen atoms in total. The number of hydrogen-bond acceptors (Lipinski definition) is 7. The summed E-state index contributed by atoms with van der Waals surface area (Å²) in [4.78, 5) is 12.7. The predicted molar refractivity (Wildman–Crippen MR) is 94.2 cm³/mol. The van der Waals surface area contributed by atoms with E-state index in [4.69, 9.17) is 28.4 Å². The van der Waals surface area contributed by atoms with Crippen LogP contribution in [0.2, 0.25) is 0 Å². The lowest BCUT2D eigenvalue weighted by molar-refractivity contribution is -0.232. The van der Waals surface area contributed by atoms with Gasteiger partial charge >= 0.3 is 12.1 Å². The highest BCUT2D eigenvalue weighted by atomic mass is 19.3. The molecule has 4 rings (SSSR count). The molecule has 3 fully saturated rings. The summed E-state index contributed by atoms with van der Waals surface area (Å²) in [6, 6.07) is 3.80. The standard InChI is InChI=1S/C20H23F3O7/c1-18(2)25-9-12(28-18)13-14(15-17(27-13)30-19(3,4)29-15)26-16(24)10-5-7-11(8-6-10)20(21,22)23/h5-8,12-15,17H,9H2,1-4H3/t12-,13-,14+,15-,17-/m1/s1/i21-1. The van der Waals surface area contributed by atoms with E-state index in [9.17, 15) is 18.0 Å². The van der Waals surface area contributed by atoms with Crippen LogP contribution in [0.15, 0.2) is 24.3 Å². The number of carbonyl (C=O) groups excluding carboxylic acids is 1. The van der Waals surface area contributed by atoms with Crippen LogP contribution in [-0.4, -0.2) is 54.9 Å².